The summed E-state index contributed by atoms with van der Waals surface area (Å²) in [6.07, 6.45) is 4.12. The SMILES string of the molecule is Cc1cc(C=Nc2ccc(Cl)cc2)c(C)n1-c1cc(S(=O)(=O)N2CCOCC2)ccc1N1CCCC1. The Morgan fingerprint density at radius 3 is 2.31 bits per heavy atom. The van der Waals surface area contributed by atoms with E-state index in [0.29, 0.717) is 36.2 Å². The van der Waals surface area contributed by atoms with Gasteiger partial charge in [-0.25, -0.2) is 8.42 Å². The topological polar surface area (TPSA) is 67.1 Å². The van der Waals surface area contributed by atoms with Gasteiger partial charge in [-0.1, -0.05) is 11.6 Å². The maximum atomic E-state index is 13.5. The fourth-order valence-corrected chi connectivity index (χ4v) is 6.52. The monoisotopic (exact) mass is 526 g/mol. The summed E-state index contributed by atoms with van der Waals surface area (Å²) in [5, 5.41) is 0.675. The van der Waals surface area contributed by atoms with Gasteiger partial charge in [0.1, 0.15) is 0 Å². The minimum atomic E-state index is -3.62. The Morgan fingerprint density at radius 2 is 1.61 bits per heavy atom. The van der Waals surface area contributed by atoms with Crippen molar-refractivity contribution in [1.29, 1.82) is 0 Å². The molecule has 0 atom stereocenters. The van der Waals surface area contributed by atoms with Gasteiger partial charge in [-0.2, -0.15) is 4.31 Å². The fourth-order valence-electron chi connectivity index (χ4n) is 4.96. The minimum absolute atomic E-state index is 0.311. The molecular formula is C27H31ClN4O3S. The van der Waals surface area contributed by atoms with E-state index in [0.717, 1.165) is 59.9 Å². The number of aromatic nitrogens is 1. The minimum Gasteiger partial charge on any atom is -0.379 e. The molecule has 0 unspecified atom stereocenters. The van der Waals surface area contributed by atoms with Gasteiger partial charge in [-0.15, -0.1) is 0 Å². The Balaban J connectivity index is 1.57. The van der Waals surface area contributed by atoms with Crippen LogP contribution in [-0.4, -0.2) is 62.9 Å². The number of halogens is 1. The number of aliphatic imine (C=N–C) groups is 1. The second-order valence-electron chi connectivity index (χ2n) is 9.26. The predicted molar refractivity (Wildman–Crippen MR) is 145 cm³/mol. The van der Waals surface area contributed by atoms with E-state index in [1.165, 1.54) is 4.31 Å². The second kappa shape index (κ2) is 10.4. The van der Waals surface area contributed by atoms with Crippen molar-refractivity contribution in [1.82, 2.24) is 8.87 Å². The van der Waals surface area contributed by atoms with Crippen LogP contribution in [-0.2, 0) is 14.8 Å². The molecule has 0 spiro atoms. The maximum Gasteiger partial charge on any atom is 0.243 e. The van der Waals surface area contributed by atoms with Crippen molar-refractivity contribution in [3.05, 3.63) is 70.5 Å². The molecule has 36 heavy (non-hydrogen) atoms. The van der Waals surface area contributed by atoms with Gasteiger partial charge < -0.3 is 14.2 Å². The third-order valence-electron chi connectivity index (χ3n) is 6.89. The molecule has 3 heterocycles. The Kier molecular flexibility index (Phi) is 7.21. The van der Waals surface area contributed by atoms with Crippen LogP contribution in [0.4, 0.5) is 11.4 Å². The van der Waals surface area contributed by atoms with E-state index in [2.05, 4.69) is 20.5 Å². The van der Waals surface area contributed by atoms with Crippen LogP contribution in [0.1, 0.15) is 29.8 Å². The van der Waals surface area contributed by atoms with Gasteiger partial charge in [0.05, 0.1) is 35.2 Å². The first-order valence-electron chi connectivity index (χ1n) is 12.3. The number of sulfonamides is 1. The van der Waals surface area contributed by atoms with Crippen molar-refractivity contribution in [2.75, 3.05) is 44.3 Å². The van der Waals surface area contributed by atoms with Crippen LogP contribution in [0.15, 0.2) is 58.4 Å². The lowest BCUT2D eigenvalue weighted by Gasteiger charge is -2.28. The molecule has 2 aliphatic rings. The molecule has 0 amide bonds. The molecule has 2 aliphatic heterocycles. The van der Waals surface area contributed by atoms with Crippen molar-refractivity contribution >= 4 is 39.2 Å². The number of anilines is 1. The van der Waals surface area contributed by atoms with Crippen LogP contribution in [0.3, 0.4) is 0 Å². The average molecular weight is 527 g/mol. The summed E-state index contributed by atoms with van der Waals surface area (Å²) in [5.74, 6) is 0. The zero-order chi connectivity index (χ0) is 25.3. The highest BCUT2D eigenvalue weighted by atomic mass is 35.5. The quantitative estimate of drug-likeness (QED) is 0.418. The van der Waals surface area contributed by atoms with Crippen molar-refractivity contribution in [3.63, 3.8) is 0 Å². The fraction of sp³-hybridized carbons (Fsp3) is 0.370. The number of nitrogens with zero attached hydrogens (tertiary/aromatic N) is 4. The number of morpholine rings is 1. The molecule has 5 rings (SSSR count). The molecule has 0 bridgehead atoms. The molecule has 9 heteroatoms. The standard InChI is InChI=1S/C27H31ClN4O3S/c1-20-17-22(19-29-24-7-5-23(28)6-8-24)21(2)32(20)27-18-25(9-10-26(27)30-11-3-4-12-30)36(33,34)31-13-15-35-16-14-31/h5-10,17-19H,3-4,11-16H2,1-2H3. The number of aryl methyl sites for hydroxylation is 1. The van der Waals surface area contributed by atoms with Crippen LogP contribution in [0.25, 0.3) is 5.69 Å². The molecular weight excluding hydrogens is 496 g/mol. The molecule has 2 fully saturated rings. The van der Waals surface area contributed by atoms with E-state index in [1.807, 2.05) is 56.5 Å². The molecule has 7 nitrogen and oxygen atoms in total. The smallest absolute Gasteiger partial charge is 0.243 e. The van der Waals surface area contributed by atoms with E-state index in [1.54, 1.807) is 6.07 Å². The molecule has 3 aromatic rings. The average Bonchev–Trinajstić information content (AvgIpc) is 3.52. The zero-order valence-corrected chi connectivity index (χ0v) is 22.2. The van der Waals surface area contributed by atoms with Crippen LogP contribution >= 0.6 is 11.6 Å². The molecule has 190 valence electrons. The van der Waals surface area contributed by atoms with Gasteiger partial charge in [0.15, 0.2) is 0 Å². The van der Waals surface area contributed by atoms with Gasteiger partial charge in [-0.3, -0.25) is 4.99 Å². The van der Waals surface area contributed by atoms with E-state index in [4.69, 9.17) is 16.3 Å². The summed E-state index contributed by atoms with van der Waals surface area (Å²) in [7, 11) is -3.62. The van der Waals surface area contributed by atoms with Gasteiger partial charge in [-0.05, 0) is 75.2 Å². The van der Waals surface area contributed by atoms with Gasteiger partial charge in [0, 0.05) is 54.4 Å². The lowest BCUT2D eigenvalue weighted by atomic mass is 10.2. The van der Waals surface area contributed by atoms with Crippen LogP contribution in [0.5, 0.6) is 0 Å². The zero-order valence-electron chi connectivity index (χ0n) is 20.7. The summed E-state index contributed by atoms with van der Waals surface area (Å²) < 4.78 is 36.0. The molecule has 0 saturated carbocycles. The summed E-state index contributed by atoms with van der Waals surface area (Å²) >= 11 is 6.00. The maximum absolute atomic E-state index is 13.5. The van der Waals surface area contributed by atoms with E-state index >= 15 is 0 Å². The van der Waals surface area contributed by atoms with Crippen LogP contribution < -0.4 is 4.90 Å². The van der Waals surface area contributed by atoms with E-state index in [-0.39, 0.29) is 0 Å². The molecule has 0 aliphatic carbocycles. The predicted octanol–water partition coefficient (Wildman–Crippen LogP) is 5.12. The van der Waals surface area contributed by atoms with E-state index < -0.39 is 10.0 Å². The first-order valence-corrected chi connectivity index (χ1v) is 14.1. The number of ether oxygens (including phenoxy) is 1. The van der Waals surface area contributed by atoms with Crippen LogP contribution in [0, 0.1) is 13.8 Å². The molecule has 0 N–H and O–H groups in total. The van der Waals surface area contributed by atoms with Crippen molar-refractivity contribution < 1.29 is 13.2 Å². The first kappa shape index (κ1) is 25.0. The lowest BCUT2D eigenvalue weighted by Crippen LogP contribution is -2.40. The summed E-state index contributed by atoms with van der Waals surface area (Å²) in [4.78, 5) is 7.28. The third-order valence-corrected chi connectivity index (χ3v) is 9.04. The normalized spacial score (nSPS) is 17.4. The second-order valence-corrected chi connectivity index (χ2v) is 11.6. The van der Waals surface area contributed by atoms with Crippen molar-refractivity contribution in [2.24, 2.45) is 4.99 Å². The summed E-state index contributed by atoms with van der Waals surface area (Å²) in [6, 6.07) is 15.0. The van der Waals surface area contributed by atoms with Crippen molar-refractivity contribution in [2.45, 2.75) is 31.6 Å². The highest BCUT2D eigenvalue weighted by Gasteiger charge is 2.28. The summed E-state index contributed by atoms with van der Waals surface area (Å²) in [6.45, 7) is 7.61. The Bertz CT molecular complexity index is 1370. The highest BCUT2D eigenvalue weighted by Crippen LogP contribution is 2.34. The number of rotatable bonds is 6. The summed E-state index contributed by atoms with van der Waals surface area (Å²) in [5.41, 5.74) is 5.76. The third kappa shape index (κ3) is 4.95. The van der Waals surface area contributed by atoms with Gasteiger partial charge in [0.2, 0.25) is 10.0 Å². The Labute approximate surface area is 218 Å². The van der Waals surface area contributed by atoms with E-state index in [9.17, 15) is 8.42 Å². The van der Waals surface area contributed by atoms with Gasteiger partial charge >= 0.3 is 0 Å². The Morgan fingerprint density at radius 1 is 0.917 bits per heavy atom. The van der Waals surface area contributed by atoms with Gasteiger partial charge in [0.25, 0.3) is 0 Å². The highest BCUT2D eigenvalue weighted by molar-refractivity contribution is 7.89. The number of benzene rings is 2. The lowest BCUT2D eigenvalue weighted by molar-refractivity contribution is 0.0730. The molecule has 2 aromatic carbocycles. The molecule has 1 aromatic heterocycles. The molecule has 0 radical (unpaired) electrons. The van der Waals surface area contributed by atoms with Crippen LogP contribution in [0.2, 0.25) is 5.02 Å². The number of hydrogen-bond donors (Lipinski definition) is 0. The van der Waals surface area contributed by atoms with Crippen molar-refractivity contribution in [3.8, 4) is 5.69 Å². The Hall–Kier alpha value is -2.65. The molecule has 2 saturated heterocycles. The first-order chi connectivity index (χ1) is 17.3. The number of hydrogen-bond acceptors (Lipinski definition) is 5. The largest absolute Gasteiger partial charge is 0.379 e.